The summed E-state index contributed by atoms with van der Waals surface area (Å²) in [5.74, 6) is 0.0238. The van der Waals surface area contributed by atoms with E-state index in [9.17, 15) is 4.79 Å². The van der Waals surface area contributed by atoms with Crippen LogP contribution in [-0.4, -0.2) is 38.6 Å². The highest BCUT2D eigenvalue weighted by molar-refractivity contribution is 6.01. The quantitative estimate of drug-likeness (QED) is 0.745. The number of ether oxygens (including phenoxy) is 1. The van der Waals surface area contributed by atoms with Crippen LogP contribution < -0.4 is 10.1 Å². The zero-order valence-electron chi connectivity index (χ0n) is 8.34. The number of pyridine rings is 1. The number of amides is 1. The Morgan fingerprint density at radius 1 is 1.50 bits per heavy atom. The molecule has 2 N–H and O–H groups in total. The molecular weight excluding hydrogens is 212 g/mol. The number of carbonyl (C=O) groups is 1. The third kappa shape index (κ3) is 2.11. The summed E-state index contributed by atoms with van der Waals surface area (Å²) in [6.07, 6.45) is 0. The van der Waals surface area contributed by atoms with Crippen LogP contribution in [0.3, 0.4) is 0 Å². The van der Waals surface area contributed by atoms with Gasteiger partial charge < -0.3 is 4.74 Å². The molecule has 2 rings (SSSR count). The lowest BCUT2D eigenvalue weighted by Crippen LogP contribution is -2.14. The summed E-state index contributed by atoms with van der Waals surface area (Å²) in [5, 5.41) is 15.1. The Morgan fingerprint density at radius 3 is 3.06 bits per heavy atom. The number of aromatic amines is 1. The molecule has 0 bridgehead atoms. The molecule has 82 valence electrons. The molecule has 0 atom stereocenters. The van der Waals surface area contributed by atoms with E-state index in [2.05, 4.69) is 30.9 Å². The Kier molecular flexibility index (Phi) is 2.72. The molecule has 0 aliphatic carbocycles. The first-order valence-electron chi connectivity index (χ1n) is 4.35. The molecule has 8 nitrogen and oxygen atoms in total. The number of hydrogen-bond acceptors (Lipinski definition) is 6. The van der Waals surface area contributed by atoms with E-state index in [1.165, 1.54) is 7.11 Å². The number of anilines is 1. The summed E-state index contributed by atoms with van der Waals surface area (Å²) in [6.45, 7) is 0. The summed E-state index contributed by atoms with van der Waals surface area (Å²) in [7, 11) is 1.48. The summed E-state index contributed by atoms with van der Waals surface area (Å²) >= 11 is 0. The van der Waals surface area contributed by atoms with Crippen molar-refractivity contribution in [3.8, 4) is 5.88 Å². The number of tetrazole rings is 1. The molecule has 0 saturated carbocycles. The molecule has 0 aliphatic rings. The van der Waals surface area contributed by atoms with Gasteiger partial charge in [0.15, 0.2) is 0 Å². The van der Waals surface area contributed by atoms with Crippen molar-refractivity contribution < 1.29 is 9.53 Å². The topological polar surface area (TPSA) is 106 Å². The van der Waals surface area contributed by atoms with E-state index in [1.807, 2.05) is 0 Å². The third-order valence-corrected chi connectivity index (χ3v) is 1.74. The highest BCUT2D eigenvalue weighted by atomic mass is 16.5. The van der Waals surface area contributed by atoms with E-state index in [1.54, 1.807) is 18.2 Å². The standard InChI is InChI=1S/C8H8N6O2/c1-16-6-4-2-3-5(9-6)7(15)10-8-11-13-14-12-8/h2-4H,1H3,(H2,10,11,12,13,14,15). The lowest BCUT2D eigenvalue weighted by molar-refractivity contribution is 0.102. The van der Waals surface area contributed by atoms with Crippen molar-refractivity contribution in [1.29, 1.82) is 0 Å². The van der Waals surface area contributed by atoms with Crippen LogP contribution in [0.1, 0.15) is 10.5 Å². The number of carbonyl (C=O) groups excluding carboxylic acids is 1. The van der Waals surface area contributed by atoms with Crippen molar-refractivity contribution in [2.75, 3.05) is 12.4 Å². The fourth-order valence-corrected chi connectivity index (χ4v) is 1.04. The second-order valence-electron chi connectivity index (χ2n) is 2.75. The van der Waals surface area contributed by atoms with Crippen LogP contribution in [0.15, 0.2) is 18.2 Å². The van der Waals surface area contributed by atoms with E-state index in [0.717, 1.165) is 0 Å². The van der Waals surface area contributed by atoms with Gasteiger partial charge in [-0.25, -0.2) is 4.98 Å². The molecule has 2 aromatic rings. The van der Waals surface area contributed by atoms with Gasteiger partial charge in [-0.2, -0.15) is 5.21 Å². The van der Waals surface area contributed by atoms with Crippen LogP contribution in [0.4, 0.5) is 5.95 Å². The zero-order valence-corrected chi connectivity index (χ0v) is 8.34. The summed E-state index contributed by atoms with van der Waals surface area (Å²) < 4.78 is 4.90. The number of rotatable bonds is 3. The molecule has 0 aliphatic heterocycles. The molecule has 2 heterocycles. The predicted octanol–water partition coefficient (Wildman–Crippen LogP) is -0.144. The maximum Gasteiger partial charge on any atom is 0.276 e. The van der Waals surface area contributed by atoms with Gasteiger partial charge >= 0.3 is 0 Å². The summed E-state index contributed by atoms with van der Waals surface area (Å²) in [4.78, 5) is 15.6. The second-order valence-corrected chi connectivity index (χ2v) is 2.75. The van der Waals surface area contributed by atoms with Gasteiger partial charge in [-0.1, -0.05) is 11.2 Å². The number of nitrogens with zero attached hydrogens (tertiary/aromatic N) is 4. The normalized spacial score (nSPS) is 9.81. The molecular formula is C8H8N6O2. The van der Waals surface area contributed by atoms with Crippen molar-refractivity contribution in [2.45, 2.75) is 0 Å². The molecule has 1 amide bonds. The smallest absolute Gasteiger partial charge is 0.276 e. The Hall–Kier alpha value is -2.51. The molecule has 8 heteroatoms. The predicted molar refractivity (Wildman–Crippen MR) is 52.9 cm³/mol. The van der Waals surface area contributed by atoms with Crippen molar-refractivity contribution in [1.82, 2.24) is 25.6 Å². The average molecular weight is 220 g/mol. The second kappa shape index (κ2) is 4.34. The van der Waals surface area contributed by atoms with E-state index in [0.29, 0.717) is 5.88 Å². The minimum Gasteiger partial charge on any atom is -0.481 e. The number of nitrogens with one attached hydrogen (secondary N) is 2. The molecule has 0 radical (unpaired) electrons. The summed E-state index contributed by atoms with van der Waals surface area (Å²) in [6, 6.07) is 4.86. The average Bonchev–Trinajstić information content (AvgIpc) is 2.82. The highest BCUT2D eigenvalue weighted by Crippen LogP contribution is 2.07. The van der Waals surface area contributed by atoms with E-state index < -0.39 is 5.91 Å². The van der Waals surface area contributed by atoms with Crippen LogP contribution >= 0.6 is 0 Å². The van der Waals surface area contributed by atoms with Gasteiger partial charge in [0.1, 0.15) is 5.69 Å². The maximum absolute atomic E-state index is 11.6. The van der Waals surface area contributed by atoms with E-state index >= 15 is 0 Å². The monoisotopic (exact) mass is 220 g/mol. The van der Waals surface area contributed by atoms with Gasteiger partial charge in [0.25, 0.3) is 11.9 Å². The van der Waals surface area contributed by atoms with Gasteiger partial charge in [0.2, 0.25) is 5.88 Å². The van der Waals surface area contributed by atoms with Crippen LogP contribution in [0.2, 0.25) is 0 Å². The Morgan fingerprint density at radius 2 is 2.38 bits per heavy atom. The third-order valence-electron chi connectivity index (χ3n) is 1.74. The minimum atomic E-state index is -0.430. The molecule has 0 unspecified atom stereocenters. The Balaban J connectivity index is 2.14. The fraction of sp³-hybridized carbons (Fsp3) is 0.125. The Bertz CT molecular complexity index is 483. The van der Waals surface area contributed by atoms with Crippen molar-refractivity contribution in [2.24, 2.45) is 0 Å². The van der Waals surface area contributed by atoms with E-state index in [4.69, 9.17) is 4.74 Å². The number of methoxy groups -OCH3 is 1. The lowest BCUT2D eigenvalue weighted by atomic mass is 10.3. The maximum atomic E-state index is 11.6. The molecule has 0 spiro atoms. The first-order valence-corrected chi connectivity index (χ1v) is 4.35. The van der Waals surface area contributed by atoms with Gasteiger partial charge in [0.05, 0.1) is 7.11 Å². The van der Waals surface area contributed by atoms with Crippen LogP contribution in [0.25, 0.3) is 0 Å². The van der Waals surface area contributed by atoms with Crippen molar-refractivity contribution in [3.63, 3.8) is 0 Å². The first kappa shape index (κ1) is 10.0. The SMILES string of the molecule is COc1cccc(C(=O)Nc2nn[nH]n2)n1. The van der Waals surface area contributed by atoms with Gasteiger partial charge in [-0.3, -0.25) is 10.1 Å². The number of H-pyrrole nitrogens is 1. The highest BCUT2D eigenvalue weighted by Gasteiger charge is 2.10. The Labute approximate surface area is 90.0 Å². The summed E-state index contributed by atoms with van der Waals surface area (Å²) in [5.41, 5.74) is 0.212. The van der Waals surface area contributed by atoms with Gasteiger partial charge in [-0.15, -0.1) is 5.10 Å². The van der Waals surface area contributed by atoms with Gasteiger partial charge in [-0.05, 0) is 11.3 Å². The molecule has 2 aromatic heterocycles. The van der Waals surface area contributed by atoms with Crippen LogP contribution in [-0.2, 0) is 0 Å². The molecule has 0 fully saturated rings. The molecule has 0 saturated heterocycles. The number of aromatic nitrogens is 5. The molecule has 16 heavy (non-hydrogen) atoms. The largest absolute Gasteiger partial charge is 0.481 e. The van der Waals surface area contributed by atoms with Gasteiger partial charge in [0, 0.05) is 6.07 Å². The van der Waals surface area contributed by atoms with Crippen molar-refractivity contribution in [3.05, 3.63) is 23.9 Å². The van der Waals surface area contributed by atoms with Crippen molar-refractivity contribution >= 4 is 11.9 Å². The lowest BCUT2D eigenvalue weighted by Gasteiger charge is -2.01. The number of hydrogen-bond donors (Lipinski definition) is 2. The zero-order chi connectivity index (χ0) is 11.4. The minimum absolute atomic E-state index is 0.0922. The molecule has 0 aromatic carbocycles. The van der Waals surface area contributed by atoms with Crippen LogP contribution in [0, 0.1) is 0 Å². The van der Waals surface area contributed by atoms with Crippen LogP contribution in [0.5, 0.6) is 5.88 Å². The fourth-order valence-electron chi connectivity index (χ4n) is 1.04. The van der Waals surface area contributed by atoms with E-state index in [-0.39, 0.29) is 11.6 Å². The first-order chi connectivity index (χ1) is 7.79.